The van der Waals surface area contributed by atoms with Gasteiger partial charge >= 0.3 is 0 Å². The predicted molar refractivity (Wildman–Crippen MR) is 80.8 cm³/mol. The van der Waals surface area contributed by atoms with Crippen molar-refractivity contribution in [3.05, 3.63) is 30.5 Å². The molecule has 1 saturated heterocycles. The Kier molecular flexibility index (Phi) is 3.03. The molecule has 6 nitrogen and oxygen atoms in total. The maximum Gasteiger partial charge on any atom is 0.125 e. The standard InChI is InChI=1S/C15H19N5O/c16-15-7-13(20-9-12(18-10-20)11-1-2-11)14(8-17-15)19-3-5-21-6-4-19/h7-11H,1-6H2,(H2,16,17). The van der Waals surface area contributed by atoms with Crippen molar-refractivity contribution in [3.63, 3.8) is 0 Å². The summed E-state index contributed by atoms with van der Waals surface area (Å²) in [5.74, 6) is 1.18. The van der Waals surface area contributed by atoms with Gasteiger partial charge in [0.25, 0.3) is 0 Å². The second-order valence-corrected chi connectivity index (χ2v) is 5.68. The second kappa shape index (κ2) is 5.04. The number of aromatic nitrogens is 3. The van der Waals surface area contributed by atoms with Crippen molar-refractivity contribution >= 4 is 11.5 Å². The zero-order chi connectivity index (χ0) is 14.2. The summed E-state index contributed by atoms with van der Waals surface area (Å²) in [4.78, 5) is 11.1. The maximum absolute atomic E-state index is 5.89. The normalized spacial score (nSPS) is 19.0. The number of nitrogen functional groups attached to an aromatic ring is 1. The molecule has 0 bridgehead atoms. The molecule has 6 heteroatoms. The molecule has 1 aliphatic heterocycles. The number of ether oxygens (including phenoxy) is 1. The van der Waals surface area contributed by atoms with E-state index >= 15 is 0 Å². The van der Waals surface area contributed by atoms with Crippen LogP contribution in [0, 0.1) is 0 Å². The third-order valence-corrected chi connectivity index (χ3v) is 4.11. The first-order valence-corrected chi connectivity index (χ1v) is 7.44. The van der Waals surface area contributed by atoms with Crippen LogP contribution in [0.25, 0.3) is 5.69 Å². The Morgan fingerprint density at radius 2 is 1.95 bits per heavy atom. The average molecular weight is 285 g/mol. The number of hydrogen-bond donors (Lipinski definition) is 1. The largest absolute Gasteiger partial charge is 0.384 e. The molecular formula is C15H19N5O. The summed E-state index contributed by atoms with van der Waals surface area (Å²) in [6.07, 6.45) is 8.37. The van der Waals surface area contributed by atoms with Crippen LogP contribution < -0.4 is 10.6 Å². The lowest BCUT2D eigenvalue weighted by atomic mass is 10.2. The third-order valence-electron chi connectivity index (χ3n) is 4.11. The van der Waals surface area contributed by atoms with Gasteiger partial charge in [-0.25, -0.2) is 9.97 Å². The van der Waals surface area contributed by atoms with E-state index in [1.807, 2.05) is 18.6 Å². The molecule has 4 rings (SSSR count). The van der Waals surface area contributed by atoms with Gasteiger partial charge in [0.1, 0.15) is 5.82 Å². The molecule has 21 heavy (non-hydrogen) atoms. The van der Waals surface area contributed by atoms with Crippen LogP contribution >= 0.6 is 0 Å². The molecule has 0 radical (unpaired) electrons. The van der Waals surface area contributed by atoms with Crippen molar-refractivity contribution in [1.82, 2.24) is 14.5 Å². The minimum Gasteiger partial charge on any atom is -0.384 e. The fraction of sp³-hybridized carbons (Fsp3) is 0.467. The van der Waals surface area contributed by atoms with E-state index in [-0.39, 0.29) is 0 Å². The Balaban J connectivity index is 1.72. The van der Waals surface area contributed by atoms with Crippen molar-refractivity contribution < 1.29 is 4.74 Å². The topological polar surface area (TPSA) is 69.2 Å². The highest BCUT2D eigenvalue weighted by molar-refractivity contribution is 5.65. The molecule has 0 unspecified atom stereocenters. The number of morpholine rings is 1. The van der Waals surface area contributed by atoms with E-state index in [1.165, 1.54) is 18.5 Å². The molecule has 2 aliphatic rings. The van der Waals surface area contributed by atoms with Crippen LogP contribution in [0.1, 0.15) is 24.5 Å². The fourth-order valence-corrected chi connectivity index (χ4v) is 2.77. The van der Waals surface area contributed by atoms with Crippen molar-refractivity contribution in [2.24, 2.45) is 0 Å². The highest BCUT2D eigenvalue weighted by Gasteiger charge is 2.26. The van der Waals surface area contributed by atoms with Gasteiger partial charge in [-0.3, -0.25) is 0 Å². The number of pyridine rings is 1. The number of anilines is 2. The van der Waals surface area contributed by atoms with Crippen molar-refractivity contribution in [1.29, 1.82) is 0 Å². The van der Waals surface area contributed by atoms with E-state index < -0.39 is 0 Å². The van der Waals surface area contributed by atoms with Gasteiger partial charge in [0.05, 0.1) is 42.8 Å². The summed E-state index contributed by atoms with van der Waals surface area (Å²) in [6.45, 7) is 3.26. The van der Waals surface area contributed by atoms with Gasteiger partial charge in [0.2, 0.25) is 0 Å². The van der Waals surface area contributed by atoms with Crippen LogP contribution in [-0.2, 0) is 4.74 Å². The molecule has 0 spiro atoms. The van der Waals surface area contributed by atoms with Crippen LogP contribution in [0.4, 0.5) is 11.5 Å². The molecule has 2 aromatic rings. The Bertz CT molecular complexity index is 643. The quantitative estimate of drug-likeness (QED) is 0.927. The van der Waals surface area contributed by atoms with Gasteiger partial charge in [0.15, 0.2) is 0 Å². The second-order valence-electron chi connectivity index (χ2n) is 5.68. The van der Waals surface area contributed by atoms with Crippen molar-refractivity contribution in [2.45, 2.75) is 18.8 Å². The van der Waals surface area contributed by atoms with Gasteiger partial charge in [-0.1, -0.05) is 0 Å². The minimum atomic E-state index is 0.531. The third kappa shape index (κ3) is 2.47. The Morgan fingerprint density at radius 3 is 2.71 bits per heavy atom. The van der Waals surface area contributed by atoms with E-state index in [0.717, 1.165) is 37.7 Å². The molecule has 110 valence electrons. The van der Waals surface area contributed by atoms with Crippen LogP contribution in [-0.4, -0.2) is 40.8 Å². The van der Waals surface area contributed by atoms with Gasteiger partial charge in [0, 0.05) is 31.3 Å². The van der Waals surface area contributed by atoms with Crippen molar-refractivity contribution in [3.8, 4) is 5.69 Å². The molecule has 2 aromatic heterocycles. The molecule has 2 N–H and O–H groups in total. The first kappa shape index (κ1) is 12.6. The van der Waals surface area contributed by atoms with Gasteiger partial charge in [-0.15, -0.1) is 0 Å². The summed E-state index contributed by atoms with van der Waals surface area (Å²) in [7, 11) is 0. The summed E-state index contributed by atoms with van der Waals surface area (Å²) in [5.41, 5.74) is 9.20. The predicted octanol–water partition coefficient (Wildman–Crippen LogP) is 1.56. The summed E-state index contributed by atoms with van der Waals surface area (Å²) < 4.78 is 7.49. The van der Waals surface area contributed by atoms with Crippen molar-refractivity contribution in [2.75, 3.05) is 36.9 Å². The average Bonchev–Trinajstić information content (AvgIpc) is 3.25. The van der Waals surface area contributed by atoms with E-state index in [1.54, 1.807) is 0 Å². The first-order chi connectivity index (χ1) is 10.3. The molecule has 0 atom stereocenters. The van der Waals surface area contributed by atoms with Crippen LogP contribution in [0.3, 0.4) is 0 Å². The number of nitrogens with zero attached hydrogens (tertiary/aromatic N) is 4. The van der Waals surface area contributed by atoms with Gasteiger partial charge in [-0.05, 0) is 12.8 Å². The zero-order valence-electron chi connectivity index (χ0n) is 11.9. The minimum absolute atomic E-state index is 0.531. The van der Waals surface area contributed by atoms with E-state index in [9.17, 15) is 0 Å². The van der Waals surface area contributed by atoms with Gasteiger partial charge < -0.3 is 19.9 Å². The number of rotatable bonds is 3. The van der Waals surface area contributed by atoms with Crippen LogP contribution in [0.5, 0.6) is 0 Å². The molecular weight excluding hydrogens is 266 g/mol. The van der Waals surface area contributed by atoms with Crippen LogP contribution in [0.2, 0.25) is 0 Å². The van der Waals surface area contributed by atoms with E-state index in [0.29, 0.717) is 11.7 Å². The van der Waals surface area contributed by atoms with E-state index in [4.69, 9.17) is 10.5 Å². The fourth-order valence-electron chi connectivity index (χ4n) is 2.77. The summed E-state index contributed by atoms with van der Waals surface area (Å²) in [6, 6.07) is 1.92. The van der Waals surface area contributed by atoms with E-state index in [2.05, 4.69) is 25.6 Å². The number of hydrogen-bond acceptors (Lipinski definition) is 5. The monoisotopic (exact) mass is 285 g/mol. The lowest BCUT2D eigenvalue weighted by molar-refractivity contribution is 0.122. The SMILES string of the molecule is Nc1cc(-n2cnc(C3CC3)c2)c(N2CCOCC2)cn1. The van der Waals surface area contributed by atoms with Crippen LogP contribution in [0.15, 0.2) is 24.8 Å². The number of imidazole rings is 1. The molecule has 3 heterocycles. The maximum atomic E-state index is 5.89. The molecule has 0 aromatic carbocycles. The Labute approximate surface area is 123 Å². The smallest absolute Gasteiger partial charge is 0.125 e. The lowest BCUT2D eigenvalue weighted by Gasteiger charge is -2.30. The Morgan fingerprint density at radius 1 is 1.14 bits per heavy atom. The summed E-state index contributed by atoms with van der Waals surface area (Å²) >= 11 is 0. The molecule has 0 amide bonds. The number of nitrogens with two attached hydrogens (primary N) is 1. The molecule has 1 aliphatic carbocycles. The highest BCUT2D eigenvalue weighted by Crippen LogP contribution is 2.39. The molecule has 1 saturated carbocycles. The Hall–Kier alpha value is -2.08. The first-order valence-electron chi connectivity index (χ1n) is 7.44. The summed E-state index contributed by atoms with van der Waals surface area (Å²) in [5, 5.41) is 0. The van der Waals surface area contributed by atoms with Gasteiger partial charge in [-0.2, -0.15) is 0 Å². The highest BCUT2D eigenvalue weighted by atomic mass is 16.5. The molecule has 2 fully saturated rings. The lowest BCUT2D eigenvalue weighted by Crippen LogP contribution is -2.36. The zero-order valence-corrected chi connectivity index (χ0v) is 11.9.